The summed E-state index contributed by atoms with van der Waals surface area (Å²) in [6.45, 7) is 7.93. The summed E-state index contributed by atoms with van der Waals surface area (Å²) in [4.78, 5) is 32.3. The summed E-state index contributed by atoms with van der Waals surface area (Å²) >= 11 is 1.65. The number of amides is 2. The number of fused-ring (bicyclic) bond motifs is 1. The number of para-hydroxylation sites is 1. The minimum atomic E-state index is -0.566. The molecule has 1 unspecified atom stereocenters. The van der Waals surface area contributed by atoms with Crippen molar-refractivity contribution in [1.82, 2.24) is 20.6 Å². The molecule has 0 spiro atoms. The highest BCUT2D eigenvalue weighted by Gasteiger charge is 2.22. The Hall–Kier alpha value is -3.00. The van der Waals surface area contributed by atoms with E-state index in [1.54, 1.807) is 24.2 Å². The molecule has 34 heavy (non-hydrogen) atoms. The first-order valence-electron chi connectivity index (χ1n) is 11.5. The fourth-order valence-electron chi connectivity index (χ4n) is 3.52. The van der Waals surface area contributed by atoms with Crippen molar-refractivity contribution in [2.24, 2.45) is 5.92 Å². The fourth-order valence-corrected chi connectivity index (χ4v) is 4.65. The lowest BCUT2D eigenvalue weighted by Crippen LogP contribution is -2.41. The molecule has 0 aliphatic heterocycles. The van der Waals surface area contributed by atoms with E-state index in [4.69, 9.17) is 4.74 Å². The number of aromatic nitrogens is 2. The van der Waals surface area contributed by atoms with Crippen LogP contribution in [-0.2, 0) is 22.5 Å². The molecule has 7 nitrogen and oxygen atoms in total. The van der Waals surface area contributed by atoms with Gasteiger partial charge in [-0.2, -0.15) is 11.8 Å². The van der Waals surface area contributed by atoms with Gasteiger partial charge in [-0.05, 0) is 50.5 Å². The van der Waals surface area contributed by atoms with Crippen LogP contribution in [0.25, 0.3) is 10.9 Å². The van der Waals surface area contributed by atoms with E-state index >= 15 is 0 Å². The van der Waals surface area contributed by atoms with Crippen LogP contribution >= 0.6 is 11.8 Å². The van der Waals surface area contributed by atoms with Crippen LogP contribution in [0.3, 0.4) is 0 Å². The van der Waals surface area contributed by atoms with Crippen LogP contribution in [0.1, 0.15) is 38.8 Å². The summed E-state index contributed by atoms with van der Waals surface area (Å²) in [5, 5.41) is 7.13. The first-order chi connectivity index (χ1) is 16.2. The van der Waals surface area contributed by atoms with Crippen molar-refractivity contribution in [3.8, 4) is 0 Å². The summed E-state index contributed by atoms with van der Waals surface area (Å²) in [6.07, 6.45) is 5.69. The van der Waals surface area contributed by atoms with E-state index < -0.39 is 11.7 Å². The van der Waals surface area contributed by atoms with Crippen molar-refractivity contribution in [3.05, 3.63) is 66.1 Å². The van der Waals surface area contributed by atoms with Gasteiger partial charge in [-0.15, -0.1) is 0 Å². The second-order valence-corrected chi connectivity index (χ2v) is 10.5. The van der Waals surface area contributed by atoms with Gasteiger partial charge < -0.3 is 20.4 Å². The Bertz CT molecular complexity index is 1080. The number of hydrogen-bond acceptors (Lipinski definition) is 5. The predicted molar refractivity (Wildman–Crippen MR) is 138 cm³/mol. The first-order valence-corrected chi connectivity index (χ1v) is 12.7. The molecule has 2 heterocycles. The second kappa shape index (κ2) is 11.9. The quantitative estimate of drug-likeness (QED) is 0.390. The molecule has 0 fully saturated rings. The van der Waals surface area contributed by atoms with Gasteiger partial charge in [0.05, 0.1) is 0 Å². The predicted octanol–water partition coefficient (Wildman–Crippen LogP) is 4.68. The molecule has 0 aliphatic rings. The average Bonchev–Trinajstić information content (AvgIpc) is 3.19. The number of H-pyrrole nitrogens is 1. The molecule has 8 heteroatoms. The van der Waals surface area contributed by atoms with E-state index in [0.29, 0.717) is 24.5 Å². The van der Waals surface area contributed by atoms with Gasteiger partial charge in [0.2, 0.25) is 5.91 Å². The Balaban J connectivity index is 1.56. The van der Waals surface area contributed by atoms with Crippen LogP contribution in [0.4, 0.5) is 4.79 Å². The zero-order valence-electron chi connectivity index (χ0n) is 20.3. The van der Waals surface area contributed by atoms with Crippen LogP contribution in [0.15, 0.2) is 55.0 Å². The van der Waals surface area contributed by atoms with E-state index in [0.717, 1.165) is 22.0 Å². The van der Waals surface area contributed by atoms with Crippen molar-refractivity contribution in [3.63, 3.8) is 0 Å². The van der Waals surface area contributed by atoms with E-state index in [2.05, 4.69) is 26.7 Å². The zero-order valence-corrected chi connectivity index (χ0v) is 21.1. The molecule has 0 bridgehead atoms. The number of nitrogens with zero attached hydrogens (tertiary/aromatic N) is 1. The van der Waals surface area contributed by atoms with Gasteiger partial charge in [-0.25, -0.2) is 4.79 Å². The van der Waals surface area contributed by atoms with E-state index in [9.17, 15) is 9.59 Å². The molecule has 3 rings (SSSR count). The number of carbonyl (C=O) groups excluding carboxylic acids is 2. The Morgan fingerprint density at radius 2 is 1.94 bits per heavy atom. The number of hydrogen-bond donors (Lipinski definition) is 3. The topological polar surface area (TPSA) is 96.1 Å². The number of benzene rings is 1. The fraction of sp³-hybridized carbons (Fsp3) is 0.423. The van der Waals surface area contributed by atoms with Crippen LogP contribution in [0.5, 0.6) is 0 Å². The second-order valence-electron chi connectivity index (χ2n) is 9.42. The number of nitrogens with one attached hydrogen (secondary N) is 3. The van der Waals surface area contributed by atoms with Crippen LogP contribution in [0, 0.1) is 5.92 Å². The molecular weight excluding hydrogens is 448 g/mol. The number of carbonyl (C=O) groups is 2. The molecule has 0 radical (unpaired) electrons. The molecule has 1 aromatic carbocycles. The minimum Gasteiger partial charge on any atom is -0.444 e. The van der Waals surface area contributed by atoms with Crippen molar-refractivity contribution in [1.29, 1.82) is 0 Å². The number of rotatable bonds is 10. The Morgan fingerprint density at radius 3 is 2.68 bits per heavy atom. The Labute approximate surface area is 205 Å². The lowest BCUT2D eigenvalue weighted by molar-refractivity contribution is -0.124. The molecule has 0 aliphatic carbocycles. The minimum absolute atomic E-state index is 0.00429. The van der Waals surface area contributed by atoms with Crippen molar-refractivity contribution >= 4 is 34.7 Å². The summed E-state index contributed by atoms with van der Waals surface area (Å²) in [6, 6.07) is 11.8. The molecule has 3 N–H and O–H groups in total. The third-order valence-corrected chi connectivity index (χ3v) is 6.56. The van der Waals surface area contributed by atoms with Gasteiger partial charge in [0.1, 0.15) is 5.60 Å². The Kier molecular flexibility index (Phi) is 8.98. The number of aromatic amines is 1. The smallest absolute Gasteiger partial charge is 0.407 e. The third-order valence-electron chi connectivity index (χ3n) is 5.19. The SMILES string of the molecule is CC(CSC[C@H](Cc1c[nH]c2ccccc12)NC(=O)OC(C)(C)C)C(=O)NCc1cccnc1. The summed E-state index contributed by atoms with van der Waals surface area (Å²) in [5.41, 5.74) is 2.61. The van der Waals surface area contributed by atoms with E-state index in [1.165, 1.54) is 0 Å². The molecule has 3 aromatic rings. The first kappa shape index (κ1) is 25.6. The highest BCUT2D eigenvalue weighted by atomic mass is 32.2. The molecule has 2 amide bonds. The number of pyridine rings is 1. The van der Waals surface area contributed by atoms with Crippen molar-refractivity contribution in [2.75, 3.05) is 11.5 Å². The number of ether oxygens (including phenoxy) is 1. The van der Waals surface area contributed by atoms with Gasteiger partial charge >= 0.3 is 6.09 Å². The summed E-state index contributed by atoms with van der Waals surface area (Å²) in [5.74, 6) is 1.17. The van der Waals surface area contributed by atoms with Crippen LogP contribution in [0.2, 0.25) is 0 Å². The molecule has 182 valence electrons. The van der Waals surface area contributed by atoms with Gasteiger partial charge in [-0.1, -0.05) is 31.2 Å². The maximum absolute atomic E-state index is 12.5. The lowest BCUT2D eigenvalue weighted by atomic mass is 10.1. The maximum Gasteiger partial charge on any atom is 0.407 e. The van der Waals surface area contributed by atoms with Gasteiger partial charge in [-0.3, -0.25) is 9.78 Å². The van der Waals surface area contributed by atoms with Gasteiger partial charge in [0, 0.05) is 59.5 Å². The van der Waals surface area contributed by atoms with Crippen LogP contribution < -0.4 is 10.6 Å². The number of thioether (sulfide) groups is 1. The third kappa shape index (κ3) is 8.09. The van der Waals surface area contributed by atoms with Crippen molar-refractivity contribution < 1.29 is 14.3 Å². The molecule has 0 saturated heterocycles. The molecule has 2 atom stereocenters. The monoisotopic (exact) mass is 482 g/mol. The average molecular weight is 483 g/mol. The Morgan fingerprint density at radius 1 is 1.15 bits per heavy atom. The maximum atomic E-state index is 12.5. The molecule has 0 saturated carbocycles. The van der Waals surface area contributed by atoms with E-state index in [1.807, 2.05) is 64.2 Å². The molecular formula is C26H34N4O3S. The highest BCUT2D eigenvalue weighted by Crippen LogP contribution is 2.21. The standard InChI is InChI=1S/C26H34N4O3S/c1-18(24(31)29-14-19-8-7-11-27-13-19)16-34-17-21(30-25(32)33-26(2,3)4)12-20-15-28-23-10-6-5-9-22(20)23/h5-11,13,15,18,21,28H,12,14,16-17H2,1-4H3,(H,29,31)(H,30,32)/t18?,21-/m0/s1. The highest BCUT2D eigenvalue weighted by molar-refractivity contribution is 7.99. The molecule has 2 aromatic heterocycles. The number of alkyl carbamates (subject to hydrolysis) is 1. The lowest BCUT2D eigenvalue weighted by Gasteiger charge is -2.24. The van der Waals surface area contributed by atoms with E-state index in [-0.39, 0.29) is 17.9 Å². The van der Waals surface area contributed by atoms with Crippen LogP contribution in [-0.4, -0.2) is 45.1 Å². The largest absolute Gasteiger partial charge is 0.444 e. The zero-order chi connectivity index (χ0) is 24.6. The summed E-state index contributed by atoms with van der Waals surface area (Å²) < 4.78 is 5.48. The van der Waals surface area contributed by atoms with Crippen molar-refractivity contribution in [2.45, 2.75) is 52.3 Å². The van der Waals surface area contributed by atoms with Gasteiger partial charge in [0.15, 0.2) is 0 Å². The normalized spacial score (nSPS) is 13.3. The summed E-state index contributed by atoms with van der Waals surface area (Å²) in [7, 11) is 0. The van der Waals surface area contributed by atoms with Gasteiger partial charge in [0.25, 0.3) is 0 Å².